The quantitative estimate of drug-likeness (QED) is 0.285. The van der Waals surface area contributed by atoms with E-state index in [0.717, 1.165) is 28.3 Å². The summed E-state index contributed by atoms with van der Waals surface area (Å²) in [4.78, 5) is 15.4. The molecule has 33 heavy (non-hydrogen) atoms. The van der Waals surface area contributed by atoms with Crippen LogP contribution in [0.1, 0.15) is 21.5 Å². The second-order valence-corrected chi connectivity index (χ2v) is 7.56. The maximum absolute atomic E-state index is 10.9. The number of carbonyl (C=O) groups is 1. The monoisotopic (exact) mass is 457 g/mol. The Morgan fingerprint density at radius 2 is 1.58 bits per heavy atom. The molecule has 0 aliphatic heterocycles. The van der Waals surface area contributed by atoms with Gasteiger partial charge in [0.1, 0.15) is 23.9 Å². The van der Waals surface area contributed by atoms with Crippen molar-refractivity contribution in [1.82, 2.24) is 0 Å². The molecule has 0 fully saturated rings. The van der Waals surface area contributed by atoms with E-state index in [1.54, 1.807) is 42.6 Å². The van der Waals surface area contributed by atoms with Crippen LogP contribution in [0.3, 0.4) is 0 Å². The van der Waals surface area contributed by atoms with Crippen LogP contribution in [0.15, 0.2) is 102 Å². The predicted octanol–water partition coefficient (Wildman–Crippen LogP) is 7.16. The lowest BCUT2D eigenvalue weighted by Gasteiger charge is -2.09. The normalized spacial score (nSPS) is 10.8. The minimum Gasteiger partial charge on any atom is -0.487 e. The summed E-state index contributed by atoms with van der Waals surface area (Å²) in [5, 5.41) is 9.43. The van der Waals surface area contributed by atoms with Crippen molar-refractivity contribution in [1.29, 1.82) is 0 Å². The smallest absolute Gasteiger partial charge is 0.335 e. The van der Waals surface area contributed by atoms with Crippen LogP contribution in [0.4, 0.5) is 5.69 Å². The summed E-state index contributed by atoms with van der Waals surface area (Å²) in [6.07, 6.45) is 1.73. The van der Waals surface area contributed by atoms with E-state index < -0.39 is 5.97 Å². The Kier molecular flexibility index (Phi) is 7.03. The fourth-order valence-corrected chi connectivity index (χ4v) is 3.24. The van der Waals surface area contributed by atoms with Crippen LogP contribution in [-0.4, -0.2) is 17.3 Å². The number of carboxylic acids is 1. The van der Waals surface area contributed by atoms with Gasteiger partial charge in [-0.3, -0.25) is 4.99 Å². The number of carboxylic acid groups (broad SMARTS) is 1. The highest BCUT2D eigenvalue weighted by Gasteiger charge is 2.05. The zero-order valence-electron chi connectivity index (χ0n) is 17.5. The SMILES string of the molecule is O=C(O)c1ccc(COc2ccc(C=Nc3ccc(Oc4ccccc4)cc3)cc2Cl)cc1. The zero-order valence-corrected chi connectivity index (χ0v) is 18.3. The zero-order chi connectivity index (χ0) is 23.0. The van der Waals surface area contributed by atoms with Crippen LogP contribution in [-0.2, 0) is 6.61 Å². The lowest BCUT2D eigenvalue weighted by Crippen LogP contribution is -1.99. The summed E-state index contributed by atoms with van der Waals surface area (Å²) < 4.78 is 11.6. The standard InChI is InChI=1S/C27H20ClNO4/c28-25-16-20(8-15-26(25)32-18-19-6-9-21(10-7-19)27(30)31)17-29-22-11-13-24(14-12-22)33-23-4-2-1-3-5-23/h1-17H,18H2,(H,30,31). The highest BCUT2D eigenvalue weighted by Crippen LogP contribution is 2.27. The van der Waals surface area contributed by atoms with Crippen LogP contribution >= 0.6 is 11.6 Å². The number of aromatic carboxylic acids is 1. The first-order valence-electron chi connectivity index (χ1n) is 10.2. The van der Waals surface area contributed by atoms with E-state index in [9.17, 15) is 4.79 Å². The molecule has 6 heteroatoms. The van der Waals surface area contributed by atoms with Gasteiger partial charge in [0, 0.05) is 6.21 Å². The molecule has 0 amide bonds. The summed E-state index contributed by atoms with van der Waals surface area (Å²) in [5.74, 6) is 1.10. The third-order valence-electron chi connectivity index (χ3n) is 4.73. The van der Waals surface area contributed by atoms with Gasteiger partial charge in [0.2, 0.25) is 0 Å². The van der Waals surface area contributed by atoms with Crippen LogP contribution in [0.25, 0.3) is 0 Å². The van der Waals surface area contributed by atoms with E-state index in [0.29, 0.717) is 10.8 Å². The molecule has 4 aromatic carbocycles. The summed E-state index contributed by atoms with van der Waals surface area (Å²) in [6, 6.07) is 29.0. The van der Waals surface area contributed by atoms with Crippen LogP contribution < -0.4 is 9.47 Å². The van der Waals surface area contributed by atoms with Crippen molar-refractivity contribution in [3.8, 4) is 17.2 Å². The highest BCUT2D eigenvalue weighted by atomic mass is 35.5. The van der Waals surface area contributed by atoms with Crippen molar-refractivity contribution < 1.29 is 19.4 Å². The third kappa shape index (κ3) is 6.21. The van der Waals surface area contributed by atoms with Gasteiger partial charge in [-0.05, 0) is 77.9 Å². The molecule has 164 valence electrons. The second-order valence-electron chi connectivity index (χ2n) is 7.15. The van der Waals surface area contributed by atoms with Crippen molar-refractivity contribution >= 4 is 29.5 Å². The predicted molar refractivity (Wildman–Crippen MR) is 129 cm³/mol. The van der Waals surface area contributed by atoms with E-state index in [1.807, 2.05) is 60.7 Å². The molecule has 0 unspecified atom stereocenters. The average Bonchev–Trinajstić information content (AvgIpc) is 2.84. The first-order chi connectivity index (χ1) is 16.1. The number of para-hydroxylation sites is 1. The Morgan fingerprint density at radius 3 is 2.24 bits per heavy atom. The molecule has 0 radical (unpaired) electrons. The van der Waals surface area contributed by atoms with E-state index in [-0.39, 0.29) is 12.2 Å². The van der Waals surface area contributed by atoms with Gasteiger partial charge in [0.25, 0.3) is 0 Å². The number of rotatable bonds is 8. The van der Waals surface area contributed by atoms with Crippen molar-refractivity contribution in [2.24, 2.45) is 4.99 Å². The van der Waals surface area contributed by atoms with Gasteiger partial charge in [-0.2, -0.15) is 0 Å². The molecule has 0 saturated carbocycles. The van der Waals surface area contributed by atoms with Crippen LogP contribution in [0.5, 0.6) is 17.2 Å². The van der Waals surface area contributed by atoms with Gasteiger partial charge in [-0.15, -0.1) is 0 Å². The minimum atomic E-state index is -0.959. The molecule has 0 aliphatic carbocycles. The summed E-state index contributed by atoms with van der Waals surface area (Å²) in [7, 11) is 0. The molecule has 0 heterocycles. The minimum absolute atomic E-state index is 0.235. The molecular weight excluding hydrogens is 438 g/mol. The number of hydrogen-bond donors (Lipinski definition) is 1. The number of benzene rings is 4. The molecule has 0 aliphatic rings. The van der Waals surface area contributed by atoms with Crippen LogP contribution in [0, 0.1) is 0 Å². The van der Waals surface area contributed by atoms with Gasteiger partial charge >= 0.3 is 5.97 Å². The molecule has 0 saturated heterocycles. The van der Waals surface area contributed by atoms with Crippen molar-refractivity contribution in [3.63, 3.8) is 0 Å². The number of nitrogens with zero attached hydrogens (tertiary/aromatic N) is 1. The summed E-state index contributed by atoms with van der Waals surface area (Å²) in [5.41, 5.74) is 2.71. The van der Waals surface area contributed by atoms with Gasteiger partial charge in [-0.1, -0.05) is 41.9 Å². The molecule has 0 spiro atoms. The molecule has 0 atom stereocenters. The largest absolute Gasteiger partial charge is 0.487 e. The lowest BCUT2D eigenvalue weighted by atomic mass is 10.1. The Bertz CT molecular complexity index is 1250. The first kappa shape index (κ1) is 22.1. The molecular formula is C27H20ClNO4. The Labute approximate surface area is 196 Å². The van der Waals surface area contributed by atoms with Crippen molar-refractivity contribution in [2.45, 2.75) is 6.61 Å². The third-order valence-corrected chi connectivity index (χ3v) is 5.02. The van der Waals surface area contributed by atoms with Gasteiger partial charge < -0.3 is 14.6 Å². The van der Waals surface area contributed by atoms with Gasteiger partial charge in [0.05, 0.1) is 16.3 Å². The number of halogens is 1. The molecule has 0 aromatic heterocycles. The lowest BCUT2D eigenvalue weighted by molar-refractivity contribution is 0.0697. The van der Waals surface area contributed by atoms with Crippen molar-refractivity contribution in [2.75, 3.05) is 0 Å². The summed E-state index contributed by atoms with van der Waals surface area (Å²) in [6.45, 7) is 0.282. The number of ether oxygens (including phenoxy) is 2. The fraction of sp³-hybridized carbons (Fsp3) is 0.0370. The molecule has 0 bridgehead atoms. The van der Waals surface area contributed by atoms with Crippen LogP contribution in [0.2, 0.25) is 5.02 Å². The first-order valence-corrected chi connectivity index (χ1v) is 10.6. The fourth-order valence-electron chi connectivity index (χ4n) is 2.99. The number of hydrogen-bond acceptors (Lipinski definition) is 4. The van der Waals surface area contributed by atoms with Crippen molar-refractivity contribution in [3.05, 3.63) is 119 Å². The molecule has 4 rings (SSSR count). The Balaban J connectivity index is 1.35. The Hall–Kier alpha value is -4.09. The maximum atomic E-state index is 10.9. The topological polar surface area (TPSA) is 68.1 Å². The molecule has 5 nitrogen and oxygen atoms in total. The maximum Gasteiger partial charge on any atom is 0.335 e. The number of aliphatic imine (C=N–C) groups is 1. The average molecular weight is 458 g/mol. The van der Waals surface area contributed by atoms with E-state index in [4.69, 9.17) is 26.2 Å². The molecule has 4 aromatic rings. The second kappa shape index (κ2) is 10.5. The summed E-state index contributed by atoms with van der Waals surface area (Å²) >= 11 is 6.36. The molecule has 1 N–H and O–H groups in total. The van der Waals surface area contributed by atoms with E-state index in [1.165, 1.54) is 0 Å². The Morgan fingerprint density at radius 1 is 0.879 bits per heavy atom. The van der Waals surface area contributed by atoms with Gasteiger partial charge in [-0.25, -0.2) is 4.79 Å². The van der Waals surface area contributed by atoms with Gasteiger partial charge in [0.15, 0.2) is 0 Å². The van der Waals surface area contributed by atoms with E-state index in [2.05, 4.69) is 4.99 Å². The highest BCUT2D eigenvalue weighted by molar-refractivity contribution is 6.32. The van der Waals surface area contributed by atoms with E-state index >= 15 is 0 Å².